The lowest BCUT2D eigenvalue weighted by molar-refractivity contribution is 0.0912. The van der Waals surface area contributed by atoms with Gasteiger partial charge in [0.2, 0.25) is 0 Å². The van der Waals surface area contributed by atoms with E-state index in [1.54, 1.807) is 6.92 Å². The average Bonchev–Trinajstić information content (AvgIpc) is 3.14. The Morgan fingerprint density at radius 3 is 2.63 bits per heavy atom. The van der Waals surface area contributed by atoms with E-state index in [9.17, 15) is 18.4 Å². The summed E-state index contributed by atoms with van der Waals surface area (Å²) in [6.07, 6.45) is 3.37. The van der Waals surface area contributed by atoms with Crippen molar-refractivity contribution in [3.8, 4) is 0 Å². The van der Waals surface area contributed by atoms with E-state index in [4.69, 9.17) is 0 Å². The van der Waals surface area contributed by atoms with E-state index in [2.05, 4.69) is 15.2 Å². The Morgan fingerprint density at radius 2 is 1.96 bits per heavy atom. The summed E-state index contributed by atoms with van der Waals surface area (Å²) in [6.45, 7) is 3.55. The lowest BCUT2D eigenvalue weighted by Crippen LogP contribution is -2.43. The smallest absolute Gasteiger partial charge is 0.267 e. The number of nitrogens with one attached hydrogen (secondary N) is 2. The summed E-state index contributed by atoms with van der Waals surface area (Å²) in [4.78, 5) is 29.9. The number of aromatic amines is 1. The van der Waals surface area contributed by atoms with E-state index in [0.29, 0.717) is 6.42 Å². The van der Waals surface area contributed by atoms with E-state index in [-0.39, 0.29) is 28.8 Å². The summed E-state index contributed by atoms with van der Waals surface area (Å²) in [5.74, 6) is -2.86. The fourth-order valence-electron chi connectivity index (χ4n) is 3.29. The fourth-order valence-corrected chi connectivity index (χ4v) is 3.29. The van der Waals surface area contributed by atoms with Gasteiger partial charge in [0.05, 0.1) is 5.56 Å². The molecule has 7 heteroatoms. The first-order chi connectivity index (χ1) is 12.9. The number of piperidine rings is 1. The first kappa shape index (κ1) is 19.2. The van der Waals surface area contributed by atoms with Gasteiger partial charge in [0.25, 0.3) is 5.91 Å². The number of likely N-dealkylation sites (tertiary alicyclic amines) is 1. The SMILES string of the molecule is CCc1ccc(F)c(C(=O)c2c[nH]c(C(=O)NC3CCN(C)CC3)c2)c1F. The lowest BCUT2D eigenvalue weighted by Gasteiger charge is -2.29. The Balaban J connectivity index is 1.76. The quantitative estimate of drug-likeness (QED) is 0.790. The summed E-state index contributed by atoms with van der Waals surface area (Å²) in [6, 6.07) is 3.84. The molecular formula is C20H23F2N3O2. The van der Waals surface area contributed by atoms with Gasteiger partial charge in [-0.25, -0.2) is 8.78 Å². The zero-order chi connectivity index (χ0) is 19.6. The number of ketones is 1. The molecule has 0 unspecified atom stereocenters. The number of aryl methyl sites for hydroxylation is 1. The van der Waals surface area contributed by atoms with Gasteiger partial charge in [0.15, 0.2) is 5.78 Å². The first-order valence-corrected chi connectivity index (χ1v) is 9.10. The third kappa shape index (κ3) is 4.08. The molecule has 0 bridgehead atoms. The van der Waals surface area contributed by atoms with Crippen molar-refractivity contribution in [3.05, 3.63) is 58.4 Å². The number of carbonyl (C=O) groups is 2. The minimum atomic E-state index is -0.909. The van der Waals surface area contributed by atoms with Crippen LogP contribution in [-0.2, 0) is 6.42 Å². The fraction of sp³-hybridized carbons (Fsp3) is 0.400. The minimum absolute atomic E-state index is 0.0505. The van der Waals surface area contributed by atoms with Gasteiger partial charge in [-0.05, 0) is 57.1 Å². The molecule has 144 valence electrons. The zero-order valence-electron chi connectivity index (χ0n) is 15.4. The predicted octanol–water partition coefficient (Wildman–Crippen LogP) is 2.91. The number of hydrogen-bond donors (Lipinski definition) is 2. The van der Waals surface area contributed by atoms with E-state index in [0.717, 1.165) is 32.0 Å². The van der Waals surface area contributed by atoms with Gasteiger partial charge >= 0.3 is 0 Å². The number of H-pyrrole nitrogens is 1. The molecule has 27 heavy (non-hydrogen) atoms. The van der Waals surface area contributed by atoms with Crippen LogP contribution in [0, 0.1) is 11.6 Å². The monoisotopic (exact) mass is 375 g/mol. The largest absolute Gasteiger partial charge is 0.356 e. The summed E-state index contributed by atoms with van der Waals surface area (Å²) in [7, 11) is 2.03. The van der Waals surface area contributed by atoms with E-state index in [1.165, 1.54) is 18.3 Å². The summed E-state index contributed by atoms with van der Waals surface area (Å²) in [5.41, 5.74) is -0.0644. The van der Waals surface area contributed by atoms with Gasteiger partial charge in [-0.2, -0.15) is 0 Å². The molecule has 1 fully saturated rings. The molecule has 0 radical (unpaired) electrons. The number of aromatic nitrogens is 1. The molecule has 2 aromatic rings. The molecule has 3 rings (SSSR count). The van der Waals surface area contributed by atoms with Crippen LogP contribution in [0.1, 0.15) is 51.7 Å². The third-order valence-electron chi connectivity index (χ3n) is 5.02. The van der Waals surface area contributed by atoms with Crippen LogP contribution in [0.3, 0.4) is 0 Å². The van der Waals surface area contributed by atoms with Crippen molar-refractivity contribution in [2.24, 2.45) is 0 Å². The highest BCUT2D eigenvalue weighted by molar-refractivity contribution is 6.10. The number of hydrogen-bond acceptors (Lipinski definition) is 3. The molecule has 0 atom stereocenters. The maximum absolute atomic E-state index is 14.4. The normalized spacial score (nSPS) is 15.7. The van der Waals surface area contributed by atoms with Gasteiger partial charge < -0.3 is 15.2 Å². The van der Waals surface area contributed by atoms with Crippen LogP contribution in [0.5, 0.6) is 0 Å². The molecular weight excluding hydrogens is 352 g/mol. The molecule has 1 aliphatic heterocycles. The number of nitrogens with zero attached hydrogens (tertiary/aromatic N) is 1. The second kappa shape index (κ2) is 8.00. The lowest BCUT2D eigenvalue weighted by atomic mass is 10.00. The number of rotatable bonds is 5. The highest BCUT2D eigenvalue weighted by Crippen LogP contribution is 2.21. The standard InChI is InChI=1S/C20H23F2N3O2/c1-3-12-4-5-15(21)17(18(12)22)19(26)13-10-16(23-11-13)20(27)24-14-6-8-25(2)9-7-14/h4-5,10-11,14,23H,3,6-9H2,1-2H3,(H,24,27). The van der Waals surface area contributed by atoms with Crippen LogP contribution in [0.25, 0.3) is 0 Å². The number of amides is 1. The summed E-state index contributed by atoms with van der Waals surface area (Å²) >= 11 is 0. The second-order valence-electron chi connectivity index (χ2n) is 6.93. The molecule has 1 amide bonds. The maximum Gasteiger partial charge on any atom is 0.267 e. The Morgan fingerprint density at radius 1 is 1.26 bits per heavy atom. The molecule has 0 aliphatic carbocycles. The Kier molecular flexibility index (Phi) is 5.70. The Hall–Kier alpha value is -2.54. The molecule has 5 nitrogen and oxygen atoms in total. The number of halogens is 2. The van der Waals surface area contributed by atoms with Gasteiger partial charge in [0.1, 0.15) is 17.3 Å². The van der Waals surface area contributed by atoms with Crippen LogP contribution >= 0.6 is 0 Å². The minimum Gasteiger partial charge on any atom is -0.356 e. The van der Waals surface area contributed by atoms with Crippen LogP contribution in [0.2, 0.25) is 0 Å². The third-order valence-corrected chi connectivity index (χ3v) is 5.02. The summed E-state index contributed by atoms with van der Waals surface area (Å²) < 4.78 is 28.5. The second-order valence-corrected chi connectivity index (χ2v) is 6.93. The Bertz CT molecular complexity index is 855. The Labute approximate surface area is 156 Å². The van der Waals surface area contributed by atoms with E-state index >= 15 is 0 Å². The van der Waals surface area contributed by atoms with E-state index in [1.807, 2.05) is 7.05 Å². The van der Waals surface area contributed by atoms with Crippen molar-refractivity contribution in [2.75, 3.05) is 20.1 Å². The highest BCUT2D eigenvalue weighted by Gasteiger charge is 2.24. The van der Waals surface area contributed by atoms with Gasteiger partial charge in [-0.15, -0.1) is 0 Å². The number of carbonyl (C=O) groups excluding carboxylic acids is 2. The van der Waals surface area contributed by atoms with Crippen LogP contribution < -0.4 is 5.32 Å². The predicted molar refractivity (Wildman–Crippen MR) is 97.9 cm³/mol. The summed E-state index contributed by atoms with van der Waals surface area (Å²) in [5, 5.41) is 2.93. The van der Waals surface area contributed by atoms with Crippen LogP contribution in [-0.4, -0.2) is 47.8 Å². The molecule has 1 saturated heterocycles. The first-order valence-electron chi connectivity index (χ1n) is 9.10. The maximum atomic E-state index is 14.4. The topological polar surface area (TPSA) is 65.2 Å². The highest BCUT2D eigenvalue weighted by atomic mass is 19.1. The van der Waals surface area contributed by atoms with E-state index < -0.39 is 23.0 Å². The van der Waals surface area contributed by atoms with Crippen LogP contribution in [0.4, 0.5) is 8.78 Å². The van der Waals surface area contributed by atoms with Crippen molar-refractivity contribution < 1.29 is 18.4 Å². The number of benzene rings is 1. The van der Waals surface area contributed by atoms with Gasteiger partial charge in [-0.1, -0.05) is 13.0 Å². The van der Waals surface area contributed by atoms with Crippen molar-refractivity contribution in [1.82, 2.24) is 15.2 Å². The zero-order valence-corrected chi connectivity index (χ0v) is 15.4. The average molecular weight is 375 g/mol. The van der Waals surface area contributed by atoms with Crippen molar-refractivity contribution >= 4 is 11.7 Å². The van der Waals surface area contributed by atoms with Gasteiger partial charge in [-0.3, -0.25) is 9.59 Å². The molecule has 1 aromatic heterocycles. The molecule has 2 heterocycles. The molecule has 1 aromatic carbocycles. The van der Waals surface area contributed by atoms with Crippen molar-refractivity contribution in [3.63, 3.8) is 0 Å². The van der Waals surface area contributed by atoms with Crippen molar-refractivity contribution in [2.45, 2.75) is 32.2 Å². The van der Waals surface area contributed by atoms with Crippen molar-refractivity contribution in [1.29, 1.82) is 0 Å². The van der Waals surface area contributed by atoms with Gasteiger partial charge in [0, 0.05) is 17.8 Å². The molecule has 1 aliphatic rings. The molecule has 0 saturated carbocycles. The molecule has 2 N–H and O–H groups in total. The van der Waals surface area contributed by atoms with Crippen LogP contribution in [0.15, 0.2) is 24.4 Å². The molecule has 0 spiro atoms.